The lowest BCUT2D eigenvalue weighted by Gasteiger charge is -2.32. The average Bonchev–Trinajstić information content (AvgIpc) is 2.73. The van der Waals surface area contributed by atoms with Gasteiger partial charge in [0.2, 0.25) is 0 Å². The molecule has 0 amide bonds. The minimum absolute atomic E-state index is 0.288. The van der Waals surface area contributed by atoms with Crippen LogP contribution in [0, 0.1) is 5.41 Å². The molecule has 1 fully saturated rings. The first kappa shape index (κ1) is 17.6. The van der Waals surface area contributed by atoms with E-state index in [1.54, 1.807) is 0 Å². The van der Waals surface area contributed by atoms with Crippen molar-refractivity contribution in [3.8, 4) is 0 Å². The number of thioether (sulfide) groups is 1. The third kappa shape index (κ3) is 4.40. The summed E-state index contributed by atoms with van der Waals surface area (Å²) in [6, 6.07) is 0. The lowest BCUT2D eigenvalue weighted by Crippen LogP contribution is -2.19. The summed E-state index contributed by atoms with van der Waals surface area (Å²) in [4.78, 5) is 1.76. The molecule has 1 nitrogen and oxygen atoms in total. The van der Waals surface area contributed by atoms with Gasteiger partial charge < -0.3 is 5.32 Å². The van der Waals surface area contributed by atoms with Gasteiger partial charge in [-0.25, -0.2) is 0 Å². The monoisotopic (exact) mass is 349 g/mol. The van der Waals surface area contributed by atoms with Crippen molar-refractivity contribution in [3.05, 3.63) is 45.9 Å². The zero-order valence-corrected chi connectivity index (χ0v) is 16.1. The fraction of sp³-hybridized carbons (Fsp3) is 0.444. The SMILES string of the molecule is CC(C=CC1=C(C)CCCC1(C)C)=CC=C1SC(=S)NC1=S. The summed E-state index contributed by atoms with van der Waals surface area (Å²) in [7, 11) is 0. The summed E-state index contributed by atoms with van der Waals surface area (Å²) in [6.45, 7) is 9.07. The first-order chi connectivity index (χ1) is 10.3. The van der Waals surface area contributed by atoms with E-state index >= 15 is 0 Å². The smallest absolute Gasteiger partial charge is 0.143 e. The molecule has 4 heteroatoms. The largest absolute Gasteiger partial charge is 0.331 e. The number of rotatable bonds is 3. The number of hydrogen-bond donors (Lipinski definition) is 1. The number of thiocarbonyl (C=S) groups is 2. The van der Waals surface area contributed by atoms with Crippen LogP contribution in [0.4, 0.5) is 0 Å². The summed E-state index contributed by atoms with van der Waals surface area (Å²) in [5.41, 5.74) is 4.53. The van der Waals surface area contributed by atoms with Crippen LogP contribution in [0.15, 0.2) is 45.9 Å². The first-order valence-electron chi connectivity index (χ1n) is 7.59. The third-order valence-corrected chi connectivity index (χ3v) is 5.85. The van der Waals surface area contributed by atoms with Crippen molar-refractivity contribution >= 4 is 45.5 Å². The van der Waals surface area contributed by atoms with Gasteiger partial charge in [-0.05, 0) is 50.2 Å². The highest BCUT2D eigenvalue weighted by Gasteiger charge is 2.26. The Morgan fingerprint density at radius 2 is 2.05 bits per heavy atom. The molecule has 0 bridgehead atoms. The molecule has 0 saturated carbocycles. The Balaban J connectivity index is 2.13. The van der Waals surface area contributed by atoms with Crippen LogP contribution in [0.25, 0.3) is 0 Å². The van der Waals surface area contributed by atoms with Gasteiger partial charge in [0.05, 0.1) is 0 Å². The van der Waals surface area contributed by atoms with Crippen molar-refractivity contribution in [2.75, 3.05) is 0 Å². The second kappa shape index (κ2) is 7.24. The molecule has 1 saturated heterocycles. The van der Waals surface area contributed by atoms with E-state index in [1.807, 2.05) is 6.08 Å². The van der Waals surface area contributed by atoms with Gasteiger partial charge >= 0.3 is 0 Å². The Labute approximate surface area is 149 Å². The Bertz CT molecular complexity index is 618. The van der Waals surface area contributed by atoms with Crippen LogP contribution < -0.4 is 5.32 Å². The molecule has 0 atom stereocenters. The third-order valence-electron chi connectivity index (χ3n) is 4.19. The van der Waals surface area contributed by atoms with E-state index in [9.17, 15) is 0 Å². The molecule has 2 aliphatic rings. The van der Waals surface area contributed by atoms with Crippen LogP contribution in [0.2, 0.25) is 0 Å². The van der Waals surface area contributed by atoms with Crippen molar-refractivity contribution in [1.82, 2.24) is 5.32 Å². The van der Waals surface area contributed by atoms with Gasteiger partial charge in [0, 0.05) is 4.91 Å². The summed E-state index contributed by atoms with van der Waals surface area (Å²) >= 11 is 11.9. The second-order valence-electron chi connectivity index (χ2n) is 6.55. The fourth-order valence-electron chi connectivity index (χ4n) is 2.92. The van der Waals surface area contributed by atoms with Crippen LogP contribution in [-0.2, 0) is 0 Å². The molecular weight excluding hydrogens is 326 g/mol. The standard InChI is InChI=1S/C18H23NS3/c1-12(8-10-15-16(20)19-17(21)22-15)7-9-14-13(2)6-5-11-18(14,3)4/h7-10H,5-6,11H2,1-4H3,(H,19,20,21). The summed E-state index contributed by atoms with van der Waals surface area (Å²) in [5.74, 6) is 0. The maximum Gasteiger partial charge on any atom is 0.143 e. The summed E-state index contributed by atoms with van der Waals surface area (Å²) in [6.07, 6.45) is 12.4. The van der Waals surface area contributed by atoms with E-state index in [1.165, 1.54) is 47.7 Å². The van der Waals surface area contributed by atoms with Gasteiger partial charge in [-0.3, -0.25) is 0 Å². The minimum Gasteiger partial charge on any atom is -0.331 e. The van der Waals surface area contributed by atoms with E-state index in [0.29, 0.717) is 0 Å². The quantitative estimate of drug-likeness (QED) is 0.389. The highest BCUT2D eigenvalue weighted by atomic mass is 32.2. The molecular formula is C18H23NS3. The molecule has 1 heterocycles. The lowest BCUT2D eigenvalue weighted by atomic mass is 9.72. The topological polar surface area (TPSA) is 12.0 Å². The number of allylic oxidation sites excluding steroid dienone is 7. The predicted octanol–water partition coefficient (Wildman–Crippen LogP) is 5.85. The number of nitrogens with one attached hydrogen (secondary N) is 1. The van der Waals surface area contributed by atoms with Crippen molar-refractivity contribution in [2.45, 2.75) is 47.0 Å². The molecule has 1 N–H and O–H groups in total. The van der Waals surface area contributed by atoms with Crippen molar-refractivity contribution in [1.29, 1.82) is 0 Å². The molecule has 0 aromatic carbocycles. The fourth-order valence-corrected chi connectivity index (χ4v) is 4.35. The van der Waals surface area contributed by atoms with Gasteiger partial charge in [0.1, 0.15) is 9.31 Å². The predicted molar refractivity (Wildman–Crippen MR) is 107 cm³/mol. The van der Waals surface area contributed by atoms with Crippen molar-refractivity contribution in [2.24, 2.45) is 5.41 Å². The molecule has 1 aliphatic heterocycles. The normalized spacial score (nSPS) is 24.5. The highest BCUT2D eigenvalue weighted by Crippen LogP contribution is 2.40. The number of hydrogen-bond acceptors (Lipinski definition) is 3. The van der Waals surface area contributed by atoms with E-state index < -0.39 is 0 Å². The van der Waals surface area contributed by atoms with Gasteiger partial charge in [-0.1, -0.05) is 79.4 Å². The molecule has 1 aliphatic carbocycles. The molecule has 22 heavy (non-hydrogen) atoms. The van der Waals surface area contributed by atoms with Crippen LogP contribution in [0.3, 0.4) is 0 Å². The van der Waals surface area contributed by atoms with Gasteiger partial charge in [0.15, 0.2) is 0 Å². The lowest BCUT2D eigenvalue weighted by molar-refractivity contribution is 0.377. The van der Waals surface area contributed by atoms with E-state index in [0.717, 1.165) is 14.2 Å². The summed E-state index contributed by atoms with van der Waals surface area (Å²) in [5, 5.41) is 2.99. The first-order valence-corrected chi connectivity index (χ1v) is 9.23. The molecule has 0 aromatic heterocycles. The van der Waals surface area contributed by atoms with E-state index in [-0.39, 0.29) is 5.41 Å². The van der Waals surface area contributed by atoms with Gasteiger partial charge in [-0.15, -0.1) is 0 Å². The van der Waals surface area contributed by atoms with Crippen LogP contribution >= 0.6 is 36.2 Å². The van der Waals surface area contributed by atoms with Crippen molar-refractivity contribution in [3.63, 3.8) is 0 Å². The van der Waals surface area contributed by atoms with Crippen LogP contribution in [-0.4, -0.2) is 9.31 Å². The molecule has 0 radical (unpaired) electrons. The zero-order valence-electron chi connectivity index (χ0n) is 13.7. The minimum atomic E-state index is 0.288. The Morgan fingerprint density at radius 1 is 1.32 bits per heavy atom. The molecule has 0 aromatic rings. The Hall–Kier alpha value is -0.710. The molecule has 0 spiro atoms. The van der Waals surface area contributed by atoms with Crippen LogP contribution in [0.1, 0.15) is 47.0 Å². The molecule has 118 valence electrons. The maximum absolute atomic E-state index is 5.24. The molecule has 0 unspecified atom stereocenters. The second-order valence-corrected chi connectivity index (χ2v) is 8.68. The average molecular weight is 350 g/mol. The summed E-state index contributed by atoms with van der Waals surface area (Å²) < 4.78 is 0.739. The van der Waals surface area contributed by atoms with E-state index in [4.69, 9.17) is 24.4 Å². The van der Waals surface area contributed by atoms with Crippen molar-refractivity contribution < 1.29 is 0 Å². The highest BCUT2D eigenvalue weighted by molar-refractivity contribution is 8.27. The Kier molecular flexibility index (Phi) is 5.81. The Morgan fingerprint density at radius 3 is 2.64 bits per heavy atom. The van der Waals surface area contributed by atoms with E-state index in [2.05, 4.69) is 51.2 Å². The van der Waals surface area contributed by atoms with Gasteiger partial charge in [-0.2, -0.15) is 0 Å². The maximum atomic E-state index is 5.24. The zero-order chi connectivity index (χ0) is 16.3. The van der Waals surface area contributed by atoms with Gasteiger partial charge in [0.25, 0.3) is 0 Å². The molecule has 2 rings (SSSR count). The van der Waals surface area contributed by atoms with Crippen LogP contribution in [0.5, 0.6) is 0 Å².